The molecule has 2 atom stereocenters. The van der Waals surface area contributed by atoms with Crippen LogP contribution in [-0.2, 0) is 9.53 Å². The number of carbonyl (C=O) groups is 1. The first-order chi connectivity index (χ1) is 10.5. The van der Waals surface area contributed by atoms with Gasteiger partial charge in [0, 0.05) is 6.54 Å². The largest absolute Gasteiger partial charge is 0.464 e. The number of rotatable bonds is 9. The van der Waals surface area contributed by atoms with Gasteiger partial charge in [-0.2, -0.15) is 0 Å². The lowest BCUT2D eigenvalue weighted by Gasteiger charge is -2.38. The van der Waals surface area contributed by atoms with Gasteiger partial charge in [-0.25, -0.2) is 0 Å². The second-order valence-corrected chi connectivity index (χ2v) is 6.78. The number of hydrogen-bond acceptors (Lipinski definition) is 4. The predicted octanol–water partition coefficient (Wildman–Crippen LogP) is 3.65. The summed E-state index contributed by atoms with van der Waals surface area (Å²) in [6.45, 7) is 11.1. The number of ether oxygens (including phenoxy) is 1. The fourth-order valence-electron chi connectivity index (χ4n) is 3.55. The van der Waals surface area contributed by atoms with E-state index in [2.05, 4.69) is 18.7 Å². The standard InChI is InChI=1S/C18H35NO3.ClH/c1-5-18(4,21)16(15-11-9-8-10-12-15)17(20)22-14-13-19(6-2)7-3;/h15-16,21H,5-14H2,1-4H3;1H. The SMILES string of the molecule is CCN(CC)CCOC(=O)C(C1CCCCC1)C(C)(O)CC.Cl. The Kier molecular flexibility index (Phi) is 11.1. The number of hydrogen-bond donors (Lipinski definition) is 1. The van der Waals surface area contributed by atoms with Crippen LogP contribution in [0.25, 0.3) is 0 Å². The molecule has 0 heterocycles. The molecule has 4 nitrogen and oxygen atoms in total. The average Bonchev–Trinajstić information content (AvgIpc) is 2.52. The molecule has 0 aromatic rings. The van der Waals surface area contributed by atoms with E-state index in [0.29, 0.717) is 13.0 Å². The zero-order valence-electron chi connectivity index (χ0n) is 15.3. The van der Waals surface area contributed by atoms with E-state index in [1.165, 1.54) is 6.42 Å². The highest BCUT2D eigenvalue weighted by Crippen LogP contribution is 2.38. The molecule has 2 unspecified atom stereocenters. The molecule has 5 heteroatoms. The Bertz CT molecular complexity index is 326. The number of esters is 1. The topological polar surface area (TPSA) is 49.8 Å². The first kappa shape index (κ1) is 22.7. The van der Waals surface area contributed by atoms with E-state index in [9.17, 15) is 9.90 Å². The molecule has 1 fully saturated rings. The first-order valence-corrected chi connectivity index (χ1v) is 9.07. The molecule has 1 N–H and O–H groups in total. The highest BCUT2D eigenvalue weighted by molar-refractivity contribution is 5.85. The second-order valence-electron chi connectivity index (χ2n) is 6.78. The number of carbonyl (C=O) groups excluding carboxylic acids is 1. The van der Waals surface area contributed by atoms with Gasteiger partial charge in [0.1, 0.15) is 6.61 Å². The molecule has 0 saturated heterocycles. The average molecular weight is 350 g/mol. The molecule has 0 aromatic carbocycles. The van der Waals surface area contributed by atoms with Crippen molar-refractivity contribution >= 4 is 18.4 Å². The van der Waals surface area contributed by atoms with Crippen LogP contribution in [0.3, 0.4) is 0 Å². The molecule has 0 amide bonds. The van der Waals surface area contributed by atoms with Gasteiger partial charge in [0.05, 0.1) is 11.5 Å². The zero-order chi connectivity index (χ0) is 16.6. The van der Waals surface area contributed by atoms with Crippen molar-refractivity contribution in [1.82, 2.24) is 4.90 Å². The number of aliphatic hydroxyl groups is 1. The summed E-state index contributed by atoms with van der Waals surface area (Å²) >= 11 is 0. The van der Waals surface area contributed by atoms with Crippen LogP contribution in [0.4, 0.5) is 0 Å². The lowest BCUT2D eigenvalue weighted by molar-refractivity contribution is -0.163. The molecule has 1 aliphatic carbocycles. The van der Waals surface area contributed by atoms with Crippen molar-refractivity contribution in [3.63, 3.8) is 0 Å². The summed E-state index contributed by atoms with van der Waals surface area (Å²) in [6, 6.07) is 0. The fourth-order valence-corrected chi connectivity index (χ4v) is 3.55. The fraction of sp³-hybridized carbons (Fsp3) is 0.944. The van der Waals surface area contributed by atoms with Crippen LogP contribution in [0.2, 0.25) is 0 Å². The quantitative estimate of drug-likeness (QED) is 0.645. The monoisotopic (exact) mass is 349 g/mol. The summed E-state index contributed by atoms with van der Waals surface area (Å²) in [6.07, 6.45) is 6.22. The Morgan fingerprint density at radius 1 is 1.22 bits per heavy atom. The lowest BCUT2D eigenvalue weighted by Crippen LogP contribution is -2.45. The van der Waals surface area contributed by atoms with Crippen LogP contribution in [0.1, 0.15) is 66.2 Å². The summed E-state index contributed by atoms with van der Waals surface area (Å²) in [4.78, 5) is 14.8. The Hall–Kier alpha value is -0.320. The van der Waals surface area contributed by atoms with Crippen LogP contribution >= 0.6 is 12.4 Å². The maximum absolute atomic E-state index is 12.6. The Morgan fingerprint density at radius 2 is 1.78 bits per heavy atom. The summed E-state index contributed by atoms with van der Waals surface area (Å²) in [5, 5.41) is 10.7. The highest BCUT2D eigenvalue weighted by atomic mass is 35.5. The third-order valence-corrected chi connectivity index (χ3v) is 5.31. The molecule has 0 aromatic heterocycles. The van der Waals surface area contributed by atoms with Crippen molar-refractivity contribution in [2.75, 3.05) is 26.2 Å². The summed E-state index contributed by atoms with van der Waals surface area (Å²) in [7, 11) is 0. The normalized spacial score (nSPS) is 19.7. The number of halogens is 1. The Morgan fingerprint density at radius 3 is 2.26 bits per heavy atom. The van der Waals surface area contributed by atoms with Gasteiger partial charge in [0.2, 0.25) is 0 Å². The van der Waals surface area contributed by atoms with Crippen molar-refractivity contribution < 1.29 is 14.6 Å². The van der Waals surface area contributed by atoms with Gasteiger partial charge >= 0.3 is 5.97 Å². The van der Waals surface area contributed by atoms with Gasteiger partial charge in [-0.3, -0.25) is 4.79 Å². The highest BCUT2D eigenvalue weighted by Gasteiger charge is 2.42. The van der Waals surface area contributed by atoms with Gasteiger partial charge in [-0.05, 0) is 45.2 Å². The summed E-state index contributed by atoms with van der Waals surface area (Å²) in [5.41, 5.74) is -0.964. The molecule has 1 saturated carbocycles. The third-order valence-electron chi connectivity index (χ3n) is 5.31. The van der Waals surface area contributed by atoms with E-state index in [4.69, 9.17) is 4.74 Å². The van der Waals surface area contributed by atoms with E-state index in [1.807, 2.05) is 6.92 Å². The van der Waals surface area contributed by atoms with Crippen LogP contribution in [0.5, 0.6) is 0 Å². The van der Waals surface area contributed by atoms with Crippen LogP contribution in [-0.4, -0.2) is 47.8 Å². The van der Waals surface area contributed by atoms with Gasteiger partial charge in [0.25, 0.3) is 0 Å². The van der Waals surface area contributed by atoms with Crippen molar-refractivity contribution in [1.29, 1.82) is 0 Å². The van der Waals surface area contributed by atoms with E-state index in [0.717, 1.165) is 45.3 Å². The van der Waals surface area contributed by atoms with Crippen molar-refractivity contribution in [2.24, 2.45) is 11.8 Å². The van der Waals surface area contributed by atoms with Crippen molar-refractivity contribution in [2.45, 2.75) is 71.8 Å². The summed E-state index contributed by atoms with van der Waals surface area (Å²) < 4.78 is 5.54. The molecule has 0 aliphatic heterocycles. The zero-order valence-corrected chi connectivity index (χ0v) is 16.2. The molecule has 1 rings (SSSR count). The van der Waals surface area contributed by atoms with Crippen molar-refractivity contribution in [3.05, 3.63) is 0 Å². The minimum absolute atomic E-state index is 0. The van der Waals surface area contributed by atoms with Crippen LogP contribution < -0.4 is 0 Å². The van der Waals surface area contributed by atoms with Gasteiger partial charge in [0.15, 0.2) is 0 Å². The second kappa shape index (κ2) is 11.3. The van der Waals surface area contributed by atoms with Gasteiger partial charge in [-0.15, -0.1) is 12.4 Å². The Labute approximate surface area is 148 Å². The summed E-state index contributed by atoms with van der Waals surface area (Å²) in [5.74, 6) is -0.315. The molecule has 23 heavy (non-hydrogen) atoms. The smallest absolute Gasteiger partial charge is 0.312 e. The molecular formula is C18H36ClNO3. The van der Waals surface area contributed by atoms with E-state index < -0.39 is 5.60 Å². The van der Waals surface area contributed by atoms with E-state index in [1.54, 1.807) is 6.92 Å². The lowest BCUT2D eigenvalue weighted by atomic mass is 9.71. The third kappa shape index (κ3) is 6.98. The molecule has 0 spiro atoms. The number of nitrogens with zero attached hydrogens (tertiary/aromatic N) is 1. The Balaban J connectivity index is 0.00000484. The van der Waals surface area contributed by atoms with Crippen LogP contribution in [0, 0.1) is 11.8 Å². The van der Waals surface area contributed by atoms with E-state index >= 15 is 0 Å². The predicted molar refractivity (Wildman–Crippen MR) is 97.0 cm³/mol. The minimum Gasteiger partial charge on any atom is -0.464 e. The molecule has 138 valence electrons. The molecular weight excluding hydrogens is 314 g/mol. The maximum atomic E-state index is 12.6. The molecule has 0 radical (unpaired) electrons. The minimum atomic E-state index is -0.964. The molecule has 1 aliphatic rings. The molecule has 0 bridgehead atoms. The van der Waals surface area contributed by atoms with Crippen molar-refractivity contribution in [3.8, 4) is 0 Å². The van der Waals surface area contributed by atoms with Gasteiger partial charge in [-0.1, -0.05) is 40.0 Å². The van der Waals surface area contributed by atoms with E-state index in [-0.39, 0.29) is 30.2 Å². The van der Waals surface area contributed by atoms with Gasteiger partial charge < -0.3 is 14.7 Å². The first-order valence-electron chi connectivity index (χ1n) is 9.07. The number of likely N-dealkylation sites (N-methyl/N-ethyl adjacent to an activating group) is 1. The van der Waals surface area contributed by atoms with Crippen LogP contribution in [0.15, 0.2) is 0 Å². The maximum Gasteiger partial charge on any atom is 0.312 e.